The van der Waals surface area contributed by atoms with Gasteiger partial charge in [-0.05, 0) is 19.1 Å². The summed E-state index contributed by atoms with van der Waals surface area (Å²) in [7, 11) is -3.45. The van der Waals surface area contributed by atoms with E-state index >= 15 is 0 Å². The van der Waals surface area contributed by atoms with Crippen LogP contribution in [0.25, 0.3) is 0 Å². The molecule has 96 valence electrons. The zero-order chi connectivity index (χ0) is 12.5. The first-order valence-electron chi connectivity index (χ1n) is 5.14. The van der Waals surface area contributed by atoms with Gasteiger partial charge in [0.05, 0.1) is 6.20 Å². The fourth-order valence-electron chi connectivity index (χ4n) is 1.69. The van der Waals surface area contributed by atoms with Crippen molar-refractivity contribution in [3.8, 4) is 0 Å². The highest BCUT2D eigenvalue weighted by Gasteiger charge is 2.37. The molecule has 1 heterocycles. The molecule has 0 bridgehead atoms. The number of rotatable bonds is 5. The second-order valence-corrected chi connectivity index (χ2v) is 8.88. The van der Waals surface area contributed by atoms with E-state index in [1.54, 1.807) is 11.8 Å². The summed E-state index contributed by atoms with van der Waals surface area (Å²) < 4.78 is 27.0. The molecule has 2 rings (SSSR count). The highest BCUT2D eigenvalue weighted by molar-refractivity contribution is 8.00. The Morgan fingerprint density at radius 2 is 2.35 bits per heavy atom. The quantitative estimate of drug-likeness (QED) is 0.906. The summed E-state index contributed by atoms with van der Waals surface area (Å²) >= 11 is 8.34. The minimum atomic E-state index is -3.45. The third-order valence-electron chi connectivity index (χ3n) is 3.00. The van der Waals surface area contributed by atoms with Crippen LogP contribution in [0.4, 0.5) is 0 Å². The number of aromatic nitrogens is 1. The van der Waals surface area contributed by atoms with Gasteiger partial charge in [-0.2, -0.15) is 11.8 Å². The summed E-state index contributed by atoms with van der Waals surface area (Å²) in [5.74, 6) is 0. The highest BCUT2D eigenvalue weighted by atomic mass is 35.5. The number of halogens is 1. The highest BCUT2D eigenvalue weighted by Crippen LogP contribution is 2.42. The molecule has 8 heteroatoms. The summed E-state index contributed by atoms with van der Waals surface area (Å²) in [4.78, 5) is 3.74. The van der Waals surface area contributed by atoms with Crippen LogP contribution in [-0.2, 0) is 10.0 Å². The normalized spacial score (nSPS) is 18.9. The smallest absolute Gasteiger partial charge is 0.232 e. The lowest BCUT2D eigenvalue weighted by Crippen LogP contribution is -2.45. The third kappa shape index (κ3) is 2.96. The molecule has 17 heavy (non-hydrogen) atoms. The van der Waals surface area contributed by atoms with Gasteiger partial charge in [-0.15, -0.1) is 0 Å². The van der Waals surface area contributed by atoms with E-state index in [-0.39, 0.29) is 13.4 Å². The number of nitrogens with zero attached hydrogens (tertiary/aromatic N) is 1. The number of hydrogen-bond donors (Lipinski definition) is 1. The Balaban J connectivity index is 2.03. The van der Waals surface area contributed by atoms with Gasteiger partial charge in [0.15, 0.2) is 8.68 Å². The molecule has 1 aromatic heterocycles. The fraction of sp³-hybridized carbons (Fsp3) is 0.667. The van der Waals surface area contributed by atoms with Crippen LogP contribution >= 0.6 is 34.7 Å². The van der Waals surface area contributed by atoms with Gasteiger partial charge in [-0.1, -0.05) is 29.4 Å². The molecule has 0 aliphatic heterocycles. The van der Waals surface area contributed by atoms with E-state index < -0.39 is 10.0 Å². The molecule has 1 saturated carbocycles. The Labute approximate surface area is 114 Å². The molecule has 0 atom stereocenters. The second-order valence-electron chi connectivity index (χ2n) is 4.00. The van der Waals surface area contributed by atoms with Crippen LogP contribution in [0.3, 0.4) is 0 Å². The van der Waals surface area contributed by atoms with Gasteiger partial charge >= 0.3 is 0 Å². The predicted molar refractivity (Wildman–Crippen MR) is 72.4 cm³/mol. The largest absolute Gasteiger partial charge is 0.251 e. The first-order chi connectivity index (χ1) is 7.97. The second kappa shape index (κ2) is 5.05. The van der Waals surface area contributed by atoms with Crippen molar-refractivity contribution in [2.45, 2.75) is 28.2 Å². The molecule has 1 N–H and O–H groups in total. The maximum absolute atomic E-state index is 11.9. The average molecular weight is 313 g/mol. The van der Waals surface area contributed by atoms with Crippen molar-refractivity contribution in [2.75, 3.05) is 12.8 Å². The molecule has 1 aliphatic carbocycles. The van der Waals surface area contributed by atoms with Gasteiger partial charge in [-0.3, -0.25) is 0 Å². The Morgan fingerprint density at radius 3 is 2.76 bits per heavy atom. The number of sulfonamides is 1. The van der Waals surface area contributed by atoms with Gasteiger partial charge in [0.25, 0.3) is 10.0 Å². The van der Waals surface area contributed by atoms with Crippen molar-refractivity contribution in [3.05, 3.63) is 10.7 Å². The van der Waals surface area contributed by atoms with Crippen LogP contribution in [0, 0.1) is 0 Å². The summed E-state index contributed by atoms with van der Waals surface area (Å²) in [6.07, 6.45) is 6.63. The van der Waals surface area contributed by atoms with Crippen molar-refractivity contribution in [1.29, 1.82) is 0 Å². The summed E-state index contributed by atoms with van der Waals surface area (Å²) in [5.41, 5.74) is 0. The third-order valence-corrected chi connectivity index (χ3v) is 7.40. The van der Waals surface area contributed by atoms with Gasteiger partial charge in [-0.25, -0.2) is 18.1 Å². The Hall–Kier alpha value is 0.180. The van der Waals surface area contributed by atoms with Crippen LogP contribution in [0.2, 0.25) is 4.47 Å². The standard InChI is InChI=1S/C9H13ClN2O2S3/c1-15-9(3-2-4-9)6-12-17(13,14)7-5-11-8(10)16-7/h5,12H,2-4,6H2,1H3. The fourth-order valence-corrected chi connectivity index (χ4v) is 5.15. The number of thiazole rings is 1. The summed E-state index contributed by atoms with van der Waals surface area (Å²) in [6, 6.07) is 0. The van der Waals surface area contributed by atoms with Gasteiger partial charge < -0.3 is 0 Å². The van der Waals surface area contributed by atoms with E-state index in [4.69, 9.17) is 11.6 Å². The topological polar surface area (TPSA) is 59.1 Å². The first kappa shape index (κ1) is 13.6. The van der Waals surface area contributed by atoms with E-state index in [0.717, 1.165) is 24.2 Å². The molecule has 1 fully saturated rings. The molecule has 0 spiro atoms. The van der Waals surface area contributed by atoms with Crippen LogP contribution in [0.15, 0.2) is 10.4 Å². The molecule has 4 nitrogen and oxygen atoms in total. The zero-order valence-electron chi connectivity index (χ0n) is 9.27. The molecule has 0 saturated heterocycles. The lowest BCUT2D eigenvalue weighted by molar-refractivity contribution is 0.362. The zero-order valence-corrected chi connectivity index (χ0v) is 12.5. The predicted octanol–water partition coefficient (Wildman–Crippen LogP) is 2.36. The Bertz CT molecular complexity index is 491. The summed E-state index contributed by atoms with van der Waals surface area (Å²) in [5, 5.41) is 0. The van der Waals surface area contributed by atoms with Crippen LogP contribution in [-0.4, -0.2) is 30.9 Å². The van der Waals surface area contributed by atoms with Gasteiger partial charge in [0, 0.05) is 11.3 Å². The van der Waals surface area contributed by atoms with Crippen molar-refractivity contribution >= 4 is 44.7 Å². The Morgan fingerprint density at radius 1 is 1.65 bits per heavy atom. The molecule has 0 unspecified atom stereocenters. The molecule has 0 aromatic carbocycles. The van der Waals surface area contributed by atoms with E-state index in [1.807, 2.05) is 6.26 Å². The van der Waals surface area contributed by atoms with Gasteiger partial charge in [0.2, 0.25) is 0 Å². The Kier molecular flexibility index (Phi) is 4.04. The summed E-state index contributed by atoms with van der Waals surface area (Å²) in [6.45, 7) is 0.478. The molecule has 1 aromatic rings. The first-order valence-corrected chi connectivity index (χ1v) is 9.04. The van der Waals surface area contributed by atoms with E-state index in [2.05, 4.69) is 9.71 Å². The van der Waals surface area contributed by atoms with Crippen molar-refractivity contribution < 1.29 is 8.42 Å². The number of nitrogens with one attached hydrogen (secondary N) is 1. The van der Waals surface area contributed by atoms with E-state index in [0.29, 0.717) is 6.54 Å². The van der Waals surface area contributed by atoms with Crippen molar-refractivity contribution in [3.63, 3.8) is 0 Å². The SMILES string of the molecule is CSC1(CNS(=O)(=O)c2cnc(Cl)s2)CCC1. The van der Waals surface area contributed by atoms with Crippen molar-refractivity contribution in [1.82, 2.24) is 9.71 Å². The average Bonchev–Trinajstić information content (AvgIpc) is 2.64. The van der Waals surface area contributed by atoms with Crippen LogP contribution in [0.1, 0.15) is 19.3 Å². The van der Waals surface area contributed by atoms with Crippen LogP contribution in [0.5, 0.6) is 0 Å². The van der Waals surface area contributed by atoms with Crippen molar-refractivity contribution in [2.24, 2.45) is 0 Å². The van der Waals surface area contributed by atoms with E-state index in [1.165, 1.54) is 12.6 Å². The maximum Gasteiger partial charge on any atom is 0.251 e. The van der Waals surface area contributed by atoms with Crippen LogP contribution < -0.4 is 4.72 Å². The minimum Gasteiger partial charge on any atom is -0.232 e. The molecule has 0 amide bonds. The number of thioether (sulfide) groups is 1. The van der Waals surface area contributed by atoms with Gasteiger partial charge in [0.1, 0.15) is 0 Å². The van der Waals surface area contributed by atoms with E-state index in [9.17, 15) is 8.42 Å². The maximum atomic E-state index is 11.9. The molecular formula is C9H13ClN2O2S3. The monoisotopic (exact) mass is 312 g/mol. The molecule has 0 radical (unpaired) electrons. The number of hydrogen-bond acceptors (Lipinski definition) is 5. The molecule has 1 aliphatic rings. The lowest BCUT2D eigenvalue weighted by Gasteiger charge is -2.40. The minimum absolute atomic E-state index is 0.0849. The molecular weight excluding hydrogens is 300 g/mol. The lowest BCUT2D eigenvalue weighted by atomic mass is 9.84.